The Kier molecular flexibility index (Phi) is 5.37. The first-order valence-electron chi connectivity index (χ1n) is 4.99. The summed E-state index contributed by atoms with van der Waals surface area (Å²) in [5.41, 5.74) is 0.657. The SMILES string of the molecule is COCC(NC(O)c1ccccc1)C(O)O. The molecule has 0 amide bonds. The van der Waals surface area contributed by atoms with Crippen LogP contribution in [0.2, 0.25) is 0 Å². The molecule has 2 atom stereocenters. The van der Waals surface area contributed by atoms with E-state index < -0.39 is 18.6 Å². The number of methoxy groups -OCH3 is 1. The molecule has 0 spiro atoms. The zero-order valence-corrected chi connectivity index (χ0v) is 9.08. The predicted octanol–water partition coefficient (Wildman–Crippen LogP) is -0.407. The average molecular weight is 227 g/mol. The van der Waals surface area contributed by atoms with Crippen molar-refractivity contribution >= 4 is 0 Å². The lowest BCUT2D eigenvalue weighted by Gasteiger charge is -2.23. The Morgan fingerprint density at radius 3 is 2.31 bits per heavy atom. The molecule has 1 aromatic carbocycles. The van der Waals surface area contributed by atoms with E-state index in [9.17, 15) is 5.11 Å². The molecule has 0 saturated heterocycles. The van der Waals surface area contributed by atoms with Crippen molar-refractivity contribution in [2.24, 2.45) is 0 Å². The number of hydrogen-bond acceptors (Lipinski definition) is 5. The lowest BCUT2D eigenvalue weighted by atomic mass is 10.2. The Balaban J connectivity index is 2.58. The molecule has 5 heteroatoms. The minimum absolute atomic E-state index is 0.0988. The molecule has 16 heavy (non-hydrogen) atoms. The molecule has 2 unspecified atom stereocenters. The molecular formula is C11H17NO4. The Bertz CT molecular complexity index is 291. The summed E-state index contributed by atoms with van der Waals surface area (Å²) >= 11 is 0. The van der Waals surface area contributed by atoms with E-state index in [1.165, 1.54) is 7.11 Å². The van der Waals surface area contributed by atoms with E-state index >= 15 is 0 Å². The zero-order chi connectivity index (χ0) is 12.0. The molecule has 0 aliphatic heterocycles. The fourth-order valence-corrected chi connectivity index (χ4v) is 1.33. The lowest BCUT2D eigenvalue weighted by molar-refractivity contribution is -0.0938. The third-order valence-electron chi connectivity index (χ3n) is 2.19. The maximum absolute atomic E-state index is 9.78. The van der Waals surface area contributed by atoms with E-state index in [1.54, 1.807) is 24.3 Å². The van der Waals surface area contributed by atoms with Gasteiger partial charge in [0.15, 0.2) is 6.29 Å². The van der Waals surface area contributed by atoms with Crippen molar-refractivity contribution < 1.29 is 20.1 Å². The topological polar surface area (TPSA) is 82.0 Å². The Hall–Kier alpha value is -0.980. The van der Waals surface area contributed by atoms with E-state index in [-0.39, 0.29) is 6.61 Å². The molecular weight excluding hydrogens is 210 g/mol. The maximum Gasteiger partial charge on any atom is 0.169 e. The number of aliphatic hydroxyl groups is 3. The van der Waals surface area contributed by atoms with Crippen molar-refractivity contribution in [1.29, 1.82) is 0 Å². The normalized spacial score (nSPS) is 15.1. The maximum atomic E-state index is 9.78. The summed E-state index contributed by atoms with van der Waals surface area (Å²) in [7, 11) is 1.45. The zero-order valence-electron chi connectivity index (χ0n) is 9.08. The Morgan fingerprint density at radius 1 is 1.19 bits per heavy atom. The highest BCUT2D eigenvalue weighted by Crippen LogP contribution is 2.10. The molecule has 0 fully saturated rings. The second-order valence-corrected chi connectivity index (χ2v) is 3.46. The molecule has 0 saturated carbocycles. The highest BCUT2D eigenvalue weighted by molar-refractivity contribution is 5.16. The van der Waals surface area contributed by atoms with Crippen molar-refractivity contribution in [3.05, 3.63) is 35.9 Å². The van der Waals surface area contributed by atoms with Crippen LogP contribution < -0.4 is 5.32 Å². The second-order valence-electron chi connectivity index (χ2n) is 3.46. The van der Waals surface area contributed by atoms with E-state index in [4.69, 9.17) is 14.9 Å². The molecule has 0 bridgehead atoms. The van der Waals surface area contributed by atoms with Gasteiger partial charge in [-0.2, -0.15) is 0 Å². The summed E-state index contributed by atoms with van der Waals surface area (Å²) in [6, 6.07) is 8.17. The minimum atomic E-state index is -1.58. The third kappa shape index (κ3) is 3.88. The Morgan fingerprint density at radius 2 is 1.81 bits per heavy atom. The van der Waals surface area contributed by atoms with E-state index in [0.29, 0.717) is 5.56 Å². The van der Waals surface area contributed by atoms with Crippen LogP contribution in [-0.4, -0.2) is 41.4 Å². The van der Waals surface area contributed by atoms with Crippen molar-refractivity contribution in [3.63, 3.8) is 0 Å². The summed E-state index contributed by atoms with van der Waals surface area (Å²) in [6.45, 7) is 0.0988. The first kappa shape index (κ1) is 13.1. The molecule has 0 radical (unpaired) electrons. The number of aliphatic hydroxyl groups excluding tert-OH is 2. The molecule has 0 heterocycles. The first-order valence-corrected chi connectivity index (χ1v) is 4.99. The van der Waals surface area contributed by atoms with Crippen LogP contribution in [0.5, 0.6) is 0 Å². The van der Waals surface area contributed by atoms with Gasteiger partial charge in [-0.3, -0.25) is 5.32 Å². The van der Waals surface area contributed by atoms with Gasteiger partial charge >= 0.3 is 0 Å². The van der Waals surface area contributed by atoms with Crippen molar-refractivity contribution in [2.75, 3.05) is 13.7 Å². The first-order chi connectivity index (χ1) is 7.65. The van der Waals surface area contributed by atoms with Gasteiger partial charge in [0.25, 0.3) is 0 Å². The fraction of sp³-hybridized carbons (Fsp3) is 0.455. The van der Waals surface area contributed by atoms with Crippen LogP contribution in [0, 0.1) is 0 Å². The van der Waals surface area contributed by atoms with Crippen molar-refractivity contribution in [2.45, 2.75) is 18.6 Å². The van der Waals surface area contributed by atoms with Gasteiger partial charge in [0, 0.05) is 7.11 Å². The van der Waals surface area contributed by atoms with Gasteiger partial charge in [-0.15, -0.1) is 0 Å². The van der Waals surface area contributed by atoms with Gasteiger partial charge in [0.2, 0.25) is 0 Å². The van der Waals surface area contributed by atoms with E-state index in [1.807, 2.05) is 6.07 Å². The summed E-state index contributed by atoms with van der Waals surface area (Å²) in [6.07, 6.45) is -2.54. The monoisotopic (exact) mass is 227 g/mol. The molecule has 90 valence electrons. The van der Waals surface area contributed by atoms with Gasteiger partial charge in [-0.05, 0) is 5.56 Å². The quantitative estimate of drug-likeness (QED) is 0.497. The van der Waals surface area contributed by atoms with Crippen LogP contribution in [0.3, 0.4) is 0 Å². The minimum Gasteiger partial charge on any atom is -0.383 e. The summed E-state index contributed by atoms with van der Waals surface area (Å²) in [5.74, 6) is 0. The Labute approximate surface area is 94.3 Å². The number of hydrogen-bond donors (Lipinski definition) is 4. The van der Waals surface area contributed by atoms with Crippen molar-refractivity contribution in [3.8, 4) is 0 Å². The van der Waals surface area contributed by atoms with Gasteiger partial charge in [-0.25, -0.2) is 0 Å². The van der Waals surface area contributed by atoms with Crippen LogP contribution >= 0.6 is 0 Å². The van der Waals surface area contributed by atoms with Crippen LogP contribution in [0.15, 0.2) is 30.3 Å². The smallest absolute Gasteiger partial charge is 0.169 e. The molecule has 5 nitrogen and oxygen atoms in total. The number of nitrogens with one attached hydrogen (secondary N) is 1. The standard InChI is InChI=1S/C11H17NO4/c1-16-7-9(11(14)15)12-10(13)8-5-3-2-4-6-8/h2-6,9-15H,7H2,1H3. The number of benzene rings is 1. The summed E-state index contributed by atoms with van der Waals surface area (Å²) in [5, 5.41) is 30.5. The van der Waals surface area contributed by atoms with Gasteiger partial charge in [0.05, 0.1) is 12.6 Å². The van der Waals surface area contributed by atoms with Gasteiger partial charge < -0.3 is 20.1 Å². The molecule has 1 rings (SSSR count). The van der Waals surface area contributed by atoms with Gasteiger partial charge in [0.1, 0.15) is 6.23 Å². The molecule has 0 aromatic heterocycles. The average Bonchev–Trinajstić information content (AvgIpc) is 2.29. The molecule has 0 aliphatic carbocycles. The predicted molar refractivity (Wildman–Crippen MR) is 58.4 cm³/mol. The highest BCUT2D eigenvalue weighted by Gasteiger charge is 2.20. The van der Waals surface area contributed by atoms with E-state index in [0.717, 1.165) is 0 Å². The van der Waals surface area contributed by atoms with Crippen LogP contribution in [0.25, 0.3) is 0 Å². The van der Waals surface area contributed by atoms with E-state index in [2.05, 4.69) is 5.32 Å². The summed E-state index contributed by atoms with van der Waals surface area (Å²) in [4.78, 5) is 0. The second kappa shape index (κ2) is 6.57. The van der Waals surface area contributed by atoms with Crippen molar-refractivity contribution in [1.82, 2.24) is 5.32 Å². The van der Waals surface area contributed by atoms with Crippen LogP contribution in [0.1, 0.15) is 11.8 Å². The molecule has 0 aliphatic rings. The fourth-order valence-electron chi connectivity index (χ4n) is 1.33. The number of ether oxygens (including phenoxy) is 1. The van der Waals surface area contributed by atoms with Crippen LogP contribution in [-0.2, 0) is 4.74 Å². The third-order valence-corrected chi connectivity index (χ3v) is 2.19. The number of rotatable bonds is 6. The molecule has 4 N–H and O–H groups in total. The van der Waals surface area contributed by atoms with Crippen LogP contribution in [0.4, 0.5) is 0 Å². The summed E-state index contributed by atoms with van der Waals surface area (Å²) < 4.78 is 4.81. The lowest BCUT2D eigenvalue weighted by Crippen LogP contribution is -2.44. The van der Waals surface area contributed by atoms with Gasteiger partial charge in [-0.1, -0.05) is 30.3 Å². The largest absolute Gasteiger partial charge is 0.383 e. The molecule has 1 aromatic rings. The highest BCUT2D eigenvalue weighted by atomic mass is 16.5.